The maximum Gasteiger partial charge on any atom is 0.418 e. The Kier molecular flexibility index (Phi) is 3.44. The Morgan fingerprint density at radius 2 is 1.94 bits per heavy atom. The van der Waals surface area contributed by atoms with Crippen molar-refractivity contribution in [3.8, 4) is 0 Å². The Hall–Kier alpha value is -1.01. The molecule has 17 heavy (non-hydrogen) atoms. The second kappa shape index (κ2) is 4.70. The Balaban J connectivity index is 2.16. The van der Waals surface area contributed by atoms with E-state index in [0.717, 1.165) is 32.2 Å². The maximum absolute atomic E-state index is 12.8. The summed E-state index contributed by atoms with van der Waals surface area (Å²) in [4.78, 5) is 2.04. The number of halogens is 3. The molecule has 2 rings (SSSR count). The summed E-state index contributed by atoms with van der Waals surface area (Å²) in [5.74, 6) is 0. The molecule has 6 heteroatoms. The highest BCUT2D eigenvalue weighted by Gasteiger charge is 2.35. The van der Waals surface area contributed by atoms with Crippen LogP contribution in [-0.2, 0) is 19.8 Å². The number of aryl methyl sites for hydroxylation is 1. The fourth-order valence-electron chi connectivity index (χ4n) is 2.10. The van der Waals surface area contributed by atoms with E-state index in [9.17, 15) is 13.2 Å². The number of nitrogens with zero attached hydrogens (tertiary/aromatic N) is 2. The lowest BCUT2D eigenvalue weighted by Gasteiger charge is -2.28. The fraction of sp³-hybridized carbons (Fsp3) is 0.636. The van der Waals surface area contributed by atoms with Crippen LogP contribution < -0.4 is 5.32 Å². The first kappa shape index (κ1) is 12.4. The molecule has 1 aromatic rings. The van der Waals surface area contributed by atoms with E-state index in [1.54, 1.807) is 11.6 Å². The molecule has 3 nitrogen and oxygen atoms in total. The molecule has 0 unspecified atom stereocenters. The molecule has 1 saturated heterocycles. The SMILES string of the molecule is Cn1ccc(C(F)(F)F)c1CN1CCNCC1. The summed E-state index contributed by atoms with van der Waals surface area (Å²) in [5.41, 5.74) is -0.169. The first-order valence-electron chi connectivity index (χ1n) is 5.63. The number of nitrogens with one attached hydrogen (secondary N) is 1. The Morgan fingerprint density at radius 1 is 1.29 bits per heavy atom. The minimum Gasteiger partial charge on any atom is -0.353 e. The molecule has 0 amide bonds. The summed E-state index contributed by atoms with van der Waals surface area (Å²) in [5, 5.41) is 3.18. The predicted molar refractivity (Wildman–Crippen MR) is 58.6 cm³/mol. The third kappa shape index (κ3) is 2.81. The average Bonchev–Trinajstić information content (AvgIpc) is 2.62. The summed E-state index contributed by atoms with van der Waals surface area (Å²) in [6, 6.07) is 1.15. The van der Waals surface area contributed by atoms with Crippen LogP contribution in [0.1, 0.15) is 11.3 Å². The van der Waals surface area contributed by atoms with Crippen LogP contribution in [-0.4, -0.2) is 35.6 Å². The zero-order valence-electron chi connectivity index (χ0n) is 9.72. The quantitative estimate of drug-likeness (QED) is 0.853. The van der Waals surface area contributed by atoms with Gasteiger partial charge in [-0.15, -0.1) is 0 Å². The monoisotopic (exact) mass is 247 g/mol. The van der Waals surface area contributed by atoms with E-state index in [2.05, 4.69) is 5.32 Å². The maximum atomic E-state index is 12.8. The van der Waals surface area contributed by atoms with E-state index in [4.69, 9.17) is 0 Å². The lowest BCUT2D eigenvalue weighted by molar-refractivity contribution is -0.138. The van der Waals surface area contributed by atoms with Gasteiger partial charge in [-0.25, -0.2) is 0 Å². The van der Waals surface area contributed by atoms with Gasteiger partial charge < -0.3 is 9.88 Å². The zero-order chi connectivity index (χ0) is 12.5. The zero-order valence-corrected chi connectivity index (χ0v) is 9.72. The van der Waals surface area contributed by atoms with Crippen molar-refractivity contribution in [2.24, 2.45) is 7.05 Å². The molecule has 0 bridgehead atoms. The lowest BCUT2D eigenvalue weighted by Crippen LogP contribution is -2.43. The number of aromatic nitrogens is 1. The van der Waals surface area contributed by atoms with E-state index in [1.807, 2.05) is 4.90 Å². The predicted octanol–water partition coefficient (Wildman–Crippen LogP) is 1.45. The summed E-state index contributed by atoms with van der Waals surface area (Å²) in [6.45, 7) is 3.63. The van der Waals surface area contributed by atoms with Gasteiger partial charge in [-0.3, -0.25) is 4.90 Å². The van der Waals surface area contributed by atoms with Crippen molar-refractivity contribution in [3.63, 3.8) is 0 Å². The molecule has 1 aliphatic heterocycles. The van der Waals surface area contributed by atoms with E-state index < -0.39 is 11.7 Å². The van der Waals surface area contributed by atoms with Crippen molar-refractivity contribution in [1.82, 2.24) is 14.8 Å². The lowest BCUT2D eigenvalue weighted by atomic mass is 10.2. The third-order valence-electron chi connectivity index (χ3n) is 3.09. The van der Waals surface area contributed by atoms with Crippen LogP contribution in [0.3, 0.4) is 0 Å². The van der Waals surface area contributed by atoms with Crippen molar-refractivity contribution in [2.75, 3.05) is 26.2 Å². The second-order valence-corrected chi connectivity index (χ2v) is 4.31. The van der Waals surface area contributed by atoms with Crippen LogP contribution in [0.4, 0.5) is 13.2 Å². The molecule has 0 radical (unpaired) electrons. The van der Waals surface area contributed by atoms with Crippen molar-refractivity contribution in [2.45, 2.75) is 12.7 Å². The smallest absolute Gasteiger partial charge is 0.353 e. The van der Waals surface area contributed by atoms with Gasteiger partial charge in [0.05, 0.1) is 5.56 Å². The molecule has 0 aliphatic carbocycles. The van der Waals surface area contributed by atoms with E-state index in [0.29, 0.717) is 12.2 Å². The highest BCUT2D eigenvalue weighted by Crippen LogP contribution is 2.32. The van der Waals surface area contributed by atoms with Crippen LogP contribution in [0.5, 0.6) is 0 Å². The summed E-state index contributed by atoms with van der Waals surface area (Å²) in [6.07, 6.45) is -2.79. The van der Waals surface area contributed by atoms with Crippen LogP contribution >= 0.6 is 0 Å². The number of alkyl halides is 3. The molecule has 2 heterocycles. The van der Waals surface area contributed by atoms with Gasteiger partial charge in [0.25, 0.3) is 0 Å². The summed E-state index contributed by atoms with van der Waals surface area (Å²) < 4.78 is 39.9. The average molecular weight is 247 g/mol. The molecular formula is C11H16F3N3. The van der Waals surface area contributed by atoms with E-state index in [-0.39, 0.29) is 0 Å². The number of hydrogen-bond acceptors (Lipinski definition) is 2. The molecule has 0 saturated carbocycles. The van der Waals surface area contributed by atoms with Crippen LogP contribution in [0.2, 0.25) is 0 Å². The standard InChI is InChI=1S/C11H16F3N3/c1-16-5-2-9(11(12,13)14)10(16)8-17-6-3-15-4-7-17/h2,5,15H,3-4,6-8H2,1H3. The molecule has 1 aromatic heterocycles. The van der Waals surface area contributed by atoms with Crippen LogP contribution in [0.25, 0.3) is 0 Å². The molecular weight excluding hydrogens is 231 g/mol. The van der Waals surface area contributed by atoms with Gasteiger partial charge in [-0.05, 0) is 6.07 Å². The highest BCUT2D eigenvalue weighted by molar-refractivity contribution is 5.25. The topological polar surface area (TPSA) is 20.2 Å². The number of piperazine rings is 1. The number of rotatable bonds is 2. The summed E-state index contributed by atoms with van der Waals surface area (Å²) in [7, 11) is 1.66. The molecule has 1 fully saturated rings. The molecule has 0 spiro atoms. The Bertz CT molecular complexity index is 378. The molecule has 0 atom stereocenters. The summed E-state index contributed by atoms with van der Waals surface area (Å²) >= 11 is 0. The Labute approximate surface area is 98.2 Å². The minimum atomic E-state index is -4.26. The van der Waals surface area contributed by atoms with Crippen LogP contribution in [0, 0.1) is 0 Å². The fourth-order valence-corrected chi connectivity index (χ4v) is 2.10. The van der Waals surface area contributed by atoms with E-state index >= 15 is 0 Å². The van der Waals surface area contributed by atoms with Gasteiger partial charge in [0, 0.05) is 51.7 Å². The van der Waals surface area contributed by atoms with Gasteiger partial charge in [-0.1, -0.05) is 0 Å². The van der Waals surface area contributed by atoms with Gasteiger partial charge >= 0.3 is 6.18 Å². The highest BCUT2D eigenvalue weighted by atomic mass is 19.4. The first-order valence-corrected chi connectivity index (χ1v) is 5.63. The molecule has 96 valence electrons. The molecule has 1 N–H and O–H groups in total. The normalized spacial score (nSPS) is 18.6. The van der Waals surface area contributed by atoms with Crippen molar-refractivity contribution < 1.29 is 13.2 Å². The van der Waals surface area contributed by atoms with Crippen molar-refractivity contribution >= 4 is 0 Å². The third-order valence-corrected chi connectivity index (χ3v) is 3.09. The Morgan fingerprint density at radius 3 is 2.53 bits per heavy atom. The van der Waals surface area contributed by atoms with Crippen molar-refractivity contribution in [3.05, 3.63) is 23.5 Å². The van der Waals surface area contributed by atoms with Crippen molar-refractivity contribution in [1.29, 1.82) is 0 Å². The van der Waals surface area contributed by atoms with Gasteiger partial charge in [-0.2, -0.15) is 13.2 Å². The second-order valence-electron chi connectivity index (χ2n) is 4.31. The molecule has 0 aromatic carbocycles. The largest absolute Gasteiger partial charge is 0.418 e. The first-order chi connectivity index (χ1) is 7.98. The minimum absolute atomic E-state index is 0.347. The van der Waals surface area contributed by atoms with E-state index in [1.165, 1.54) is 6.20 Å². The van der Waals surface area contributed by atoms with Gasteiger partial charge in [0.15, 0.2) is 0 Å². The number of hydrogen-bond donors (Lipinski definition) is 1. The van der Waals surface area contributed by atoms with Gasteiger partial charge in [0.2, 0.25) is 0 Å². The molecule has 1 aliphatic rings. The van der Waals surface area contributed by atoms with Crippen LogP contribution in [0.15, 0.2) is 12.3 Å². The van der Waals surface area contributed by atoms with Gasteiger partial charge in [0.1, 0.15) is 0 Å².